The summed E-state index contributed by atoms with van der Waals surface area (Å²) in [6.07, 6.45) is 9.66. The molecule has 2 rings (SSSR count). The molecule has 2 unspecified atom stereocenters. The summed E-state index contributed by atoms with van der Waals surface area (Å²) in [7, 11) is 0. The molecule has 1 aromatic heterocycles. The number of hydrogen-bond donors (Lipinski definition) is 1. The number of nitrogens with one attached hydrogen (secondary N) is 1. The molecule has 0 saturated heterocycles. The molecule has 1 N–H and O–H groups in total. The van der Waals surface area contributed by atoms with Gasteiger partial charge in [0, 0.05) is 6.04 Å². The lowest BCUT2D eigenvalue weighted by molar-refractivity contribution is 0.456. The zero-order chi connectivity index (χ0) is 14.5. The van der Waals surface area contributed by atoms with Crippen molar-refractivity contribution < 1.29 is 0 Å². The highest BCUT2D eigenvalue weighted by Crippen LogP contribution is 2.27. The van der Waals surface area contributed by atoms with Gasteiger partial charge in [-0.1, -0.05) is 32.3 Å². The predicted octanol–water partition coefficient (Wildman–Crippen LogP) is 3.57. The maximum atomic E-state index is 12.1. The molecule has 2 atom stereocenters. The molecule has 1 aliphatic rings. The van der Waals surface area contributed by atoms with E-state index in [2.05, 4.69) is 39.8 Å². The van der Waals surface area contributed by atoms with Crippen molar-refractivity contribution in [3.63, 3.8) is 0 Å². The number of hydrogen-bond acceptors (Lipinski definition) is 3. The zero-order valence-corrected chi connectivity index (χ0v) is 13.5. The number of nitrogens with zero attached hydrogens (tertiary/aromatic N) is 2. The Hall–Kier alpha value is -1.10. The van der Waals surface area contributed by atoms with Crippen LogP contribution in [0.1, 0.15) is 39.0 Å². The van der Waals surface area contributed by atoms with Crippen LogP contribution >= 0.6 is 15.9 Å². The highest BCUT2D eigenvalue weighted by Gasteiger charge is 2.21. The Balaban J connectivity index is 2.18. The molecule has 5 heteroatoms. The predicted molar refractivity (Wildman–Crippen MR) is 86.1 cm³/mol. The van der Waals surface area contributed by atoms with E-state index in [0.717, 1.165) is 12.1 Å². The van der Waals surface area contributed by atoms with E-state index in [9.17, 15) is 4.79 Å². The van der Waals surface area contributed by atoms with Crippen molar-refractivity contribution in [1.82, 2.24) is 9.78 Å². The Morgan fingerprint density at radius 2 is 2.25 bits per heavy atom. The van der Waals surface area contributed by atoms with E-state index in [0.29, 0.717) is 23.0 Å². The van der Waals surface area contributed by atoms with Gasteiger partial charge in [-0.05, 0) is 34.7 Å². The summed E-state index contributed by atoms with van der Waals surface area (Å²) >= 11 is 3.40. The smallest absolute Gasteiger partial charge is 0.283 e. The van der Waals surface area contributed by atoms with Gasteiger partial charge in [-0.3, -0.25) is 4.79 Å². The first-order chi connectivity index (χ1) is 9.63. The topological polar surface area (TPSA) is 46.9 Å². The van der Waals surface area contributed by atoms with Gasteiger partial charge in [0.2, 0.25) is 0 Å². The summed E-state index contributed by atoms with van der Waals surface area (Å²) in [4.78, 5) is 12.1. The van der Waals surface area contributed by atoms with E-state index in [1.165, 1.54) is 30.4 Å². The van der Waals surface area contributed by atoms with Crippen molar-refractivity contribution in [2.24, 2.45) is 5.92 Å². The minimum Gasteiger partial charge on any atom is -0.380 e. The average molecular weight is 340 g/mol. The summed E-state index contributed by atoms with van der Waals surface area (Å²) in [6.45, 7) is 6.34. The van der Waals surface area contributed by atoms with Crippen LogP contribution in [0.2, 0.25) is 0 Å². The lowest BCUT2D eigenvalue weighted by atomic mass is 9.97. The van der Waals surface area contributed by atoms with E-state index < -0.39 is 0 Å². The van der Waals surface area contributed by atoms with Gasteiger partial charge in [-0.15, -0.1) is 6.58 Å². The molecule has 0 radical (unpaired) electrons. The van der Waals surface area contributed by atoms with Gasteiger partial charge in [0.15, 0.2) is 0 Å². The third-order valence-electron chi connectivity index (χ3n) is 3.99. The molecular formula is C15H22BrN3O. The molecule has 0 bridgehead atoms. The summed E-state index contributed by atoms with van der Waals surface area (Å²) in [6, 6.07) is 0.422. The molecule has 0 spiro atoms. The second-order valence-electron chi connectivity index (χ2n) is 5.51. The first-order valence-corrected chi connectivity index (χ1v) is 8.06. The van der Waals surface area contributed by atoms with E-state index in [-0.39, 0.29) is 5.56 Å². The third-order valence-corrected chi connectivity index (χ3v) is 4.76. The third kappa shape index (κ3) is 3.51. The van der Waals surface area contributed by atoms with Crippen molar-refractivity contribution in [2.45, 2.75) is 51.6 Å². The highest BCUT2D eigenvalue weighted by atomic mass is 79.9. The average Bonchev–Trinajstić information content (AvgIpc) is 2.64. The quantitative estimate of drug-likeness (QED) is 0.673. The van der Waals surface area contributed by atoms with Crippen molar-refractivity contribution in [2.75, 3.05) is 5.32 Å². The Morgan fingerprint density at radius 3 is 3.00 bits per heavy atom. The fraction of sp³-hybridized carbons (Fsp3) is 0.600. The second kappa shape index (κ2) is 7.07. The molecule has 0 aromatic carbocycles. The summed E-state index contributed by atoms with van der Waals surface area (Å²) in [5, 5.41) is 7.68. The highest BCUT2D eigenvalue weighted by molar-refractivity contribution is 9.10. The largest absolute Gasteiger partial charge is 0.380 e. The second-order valence-corrected chi connectivity index (χ2v) is 6.31. The van der Waals surface area contributed by atoms with Crippen molar-refractivity contribution in [3.8, 4) is 0 Å². The number of allylic oxidation sites excluding steroid dienone is 1. The van der Waals surface area contributed by atoms with Crippen LogP contribution in [-0.4, -0.2) is 15.8 Å². The van der Waals surface area contributed by atoms with Crippen molar-refractivity contribution in [3.05, 3.63) is 33.7 Å². The maximum Gasteiger partial charge on any atom is 0.283 e. The Bertz CT molecular complexity index is 526. The molecule has 1 heterocycles. The normalized spacial score (nSPS) is 23.1. The Labute approximate surface area is 128 Å². The zero-order valence-electron chi connectivity index (χ0n) is 11.9. The molecule has 1 aliphatic carbocycles. The minimum atomic E-state index is -0.115. The van der Waals surface area contributed by atoms with Crippen LogP contribution in [0, 0.1) is 5.92 Å². The SMILES string of the molecule is C=CCn1ncc(NC2CCCCCC2C)c(Br)c1=O. The summed E-state index contributed by atoms with van der Waals surface area (Å²) in [5.74, 6) is 0.625. The molecule has 4 nitrogen and oxygen atoms in total. The van der Waals surface area contributed by atoms with Gasteiger partial charge in [0.1, 0.15) is 4.47 Å². The Morgan fingerprint density at radius 1 is 1.50 bits per heavy atom. The lowest BCUT2D eigenvalue weighted by Crippen LogP contribution is -2.29. The number of anilines is 1. The van der Waals surface area contributed by atoms with Crippen LogP contribution < -0.4 is 10.9 Å². The van der Waals surface area contributed by atoms with Crippen molar-refractivity contribution >= 4 is 21.6 Å². The molecule has 20 heavy (non-hydrogen) atoms. The van der Waals surface area contributed by atoms with E-state index >= 15 is 0 Å². The van der Waals surface area contributed by atoms with Crippen LogP contribution in [0.5, 0.6) is 0 Å². The van der Waals surface area contributed by atoms with Crippen molar-refractivity contribution in [1.29, 1.82) is 0 Å². The van der Waals surface area contributed by atoms with Crippen LogP contribution in [0.25, 0.3) is 0 Å². The van der Waals surface area contributed by atoms with Crippen LogP contribution in [-0.2, 0) is 6.54 Å². The van der Waals surface area contributed by atoms with Gasteiger partial charge in [0.05, 0.1) is 18.4 Å². The van der Waals surface area contributed by atoms with Gasteiger partial charge >= 0.3 is 0 Å². The molecule has 1 aromatic rings. The van der Waals surface area contributed by atoms with E-state index in [1.54, 1.807) is 12.3 Å². The van der Waals surface area contributed by atoms with Gasteiger partial charge < -0.3 is 5.32 Å². The van der Waals surface area contributed by atoms with Crippen LogP contribution in [0.3, 0.4) is 0 Å². The summed E-state index contributed by atoms with van der Waals surface area (Å²) in [5.41, 5.74) is 0.685. The molecular weight excluding hydrogens is 318 g/mol. The Kier molecular flexibility index (Phi) is 5.40. The van der Waals surface area contributed by atoms with Crippen LogP contribution in [0.15, 0.2) is 28.1 Å². The fourth-order valence-corrected chi connectivity index (χ4v) is 3.15. The number of halogens is 1. The molecule has 0 aliphatic heterocycles. The number of rotatable bonds is 4. The van der Waals surface area contributed by atoms with Gasteiger partial charge in [-0.25, -0.2) is 4.68 Å². The molecule has 1 saturated carbocycles. The fourth-order valence-electron chi connectivity index (χ4n) is 2.73. The van der Waals surface area contributed by atoms with Crippen LogP contribution in [0.4, 0.5) is 5.69 Å². The van der Waals surface area contributed by atoms with Gasteiger partial charge in [-0.2, -0.15) is 5.10 Å². The summed E-state index contributed by atoms with van der Waals surface area (Å²) < 4.78 is 1.96. The lowest BCUT2D eigenvalue weighted by Gasteiger charge is -2.24. The first kappa shape index (κ1) is 15.3. The monoisotopic (exact) mass is 339 g/mol. The first-order valence-electron chi connectivity index (χ1n) is 7.26. The molecule has 110 valence electrons. The molecule has 1 fully saturated rings. The minimum absolute atomic E-state index is 0.115. The number of aromatic nitrogens is 2. The van der Waals surface area contributed by atoms with E-state index in [4.69, 9.17) is 0 Å². The standard InChI is InChI=1S/C15H22BrN3O/c1-3-9-19-15(20)14(16)13(10-17-19)18-12-8-6-4-5-7-11(12)2/h3,10-12,18H,1,4-9H2,2H3. The van der Waals surface area contributed by atoms with Gasteiger partial charge in [0.25, 0.3) is 5.56 Å². The maximum absolute atomic E-state index is 12.1. The van der Waals surface area contributed by atoms with E-state index in [1.807, 2.05) is 0 Å². The molecule has 0 amide bonds.